The van der Waals surface area contributed by atoms with E-state index < -0.39 is 0 Å². The van der Waals surface area contributed by atoms with Gasteiger partial charge < -0.3 is 0 Å². The molecule has 6 heteroatoms. The first kappa shape index (κ1) is 22.1. The quantitative estimate of drug-likeness (QED) is 0.275. The van der Waals surface area contributed by atoms with Crippen LogP contribution in [0.15, 0.2) is 24.3 Å². The minimum absolute atomic E-state index is 0.113. The van der Waals surface area contributed by atoms with Crippen LogP contribution < -0.4 is 0 Å². The van der Waals surface area contributed by atoms with Gasteiger partial charge in [0.05, 0.1) is 12.8 Å². The van der Waals surface area contributed by atoms with E-state index in [4.69, 9.17) is 0 Å². The summed E-state index contributed by atoms with van der Waals surface area (Å²) in [6.45, 7) is 8.28. The molecule has 2 rings (SSSR count). The van der Waals surface area contributed by atoms with E-state index in [0.717, 1.165) is 38.5 Å². The molecule has 0 radical (unpaired) electrons. The first-order valence-corrected chi connectivity index (χ1v) is 10.5. The van der Waals surface area contributed by atoms with Gasteiger partial charge in [-0.3, -0.25) is 29.0 Å². The Kier molecular flexibility index (Phi) is 8.61. The molecule has 2 fully saturated rings. The fraction of sp³-hybridized carbons (Fsp3) is 0.636. The summed E-state index contributed by atoms with van der Waals surface area (Å²) in [4.78, 5) is 49.4. The Hall–Kier alpha value is -2.24. The number of likely N-dealkylation sites (tertiary alicyclic amines) is 2. The first-order chi connectivity index (χ1) is 13.4. The van der Waals surface area contributed by atoms with E-state index in [1.165, 1.54) is 35.5 Å². The molecule has 28 heavy (non-hydrogen) atoms. The molecule has 0 aromatic carbocycles. The van der Waals surface area contributed by atoms with Crippen LogP contribution in [-0.4, -0.2) is 46.5 Å². The van der Waals surface area contributed by atoms with Gasteiger partial charge in [-0.1, -0.05) is 64.5 Å². The van der Waals surface area contributed by atoms with Crippen LogP contribution in [0.25, 0.3) is 0 Å². The lowest BCUT2D eigenvalue weighted by molar-refractivity contribution is -0.139. The Morgan fingerprint density at radius 1 is 0.536 bits per heavy atom. The lowest BCUT2D eigenvalue weighted by Gasteiger charge is -2.13. The third-order valence-electron chi connectivity index (χ3n) is 5.44. The highest BCUT2D eigenvalue weighted by Crippen LogP contribution is 2.19. The van der Waals surface area contributed by atoms with Gasteiger partial charge in [-0.25, -0.2) is 0 Å². The lowest BCUT2D eigenvalue weighted by Crippen LogP contribution is -2.30. The molecule has 0 atom stereocenters. The van der Waals surface area contributed by atoms with Gasteiger partial charge in [0, 0.05) is 24.2 Å². The summed E-state index contributed by atoms with van der Waals surface area (Å²) in [5.74, 6) is -0.626. The van der Waals surface area contributed by atoms with E-state index in [9.17, 15) is 19.2 Å². The van der Waals surface area contributed by atoms with Crippen molar-refractivity contribution in [3.63, 3.8) is 0 Å². The molecular formula is C22H32N2O4. The first-order valence-electron chi connectivity index (χ1n) is 10.5. The molecule has 0 unspecified atom stereocenters. The molecule has 0 bridgehead atoms. The third kappa shape index (κ3) is 6.14. The minimum atomic E-state index is -0.201. The van der Waals surface area contributed by atoms with Crippen molar-refractivity contribution in [3.8, 4) is 0 Å². The van der Waals surface area contributed by atoms with Gasteiger partial charge in [0.2, 0.25) is 11.8 Å². The van der Waals surface area contributed by atoms with Crippen LogP contribution in [0.1, 0.15) is 77.0 Å². The van der Waals surface area contributed by atoms with E-state index in [0.29, 0.717) is 24.2 Å². The fourth-order valence-corrected chi connectivity index (χ4v) is 3.72. The Bertz CT molecular complexity index is 597. The summed E-state index contributed by atoms with van der Waals surface area (Å²) in [5.41, 5.74) is 0.822. The number of unbranched alkanes of at least 4 members (excludes halogenated alkanes) is 9. The number of hydrogen-bond donors (Lipinski definition) is 0. The molecular weight excluding hydrogens is 356 g/mol. The van der Waals surface area contributed by atoms with Gasteiger partial charge in [0.15, 0.2) is 0 Å². The summed E-state index contributed by atoms with van der Waals surface area (Å²) in [6.07, 6.45) is 11.2. The van der Waals surface area contributed by atoms with Gasteiger partial charge in [0.25, 0.3) is 11.8 Å². The number of amides is 4. The van der Waals surface area contributed by atoms with Crippen LogP contribution in [0.4, 0.5) is 0 Å². The van der Waals surface area contributed by atoms with E-state index in [-0.39, 0.29) is 36.5 Å². The second kappa shape index (κ2) is 10.9. The Morgan fingerprint density at radius 2 is 0.821 bits per heavy atom. The number of imide groups is 2. The molecule has 6 nitrogen and oxygen atoms in total. The standard InChI is InChI=1S/C22H32N2O4/c1-17-15-19(25)23(21(17)27)13-11-9-7-5-3-4-6-8-10-12-14-24-20(26)16-18(2)22(24)28/h1-16H2. The maximum absolute atomic E-state index is 11.7. The molecule has 0 aliphatic carbocycles. The topological polar surface area (TPSA) is 74.8 Å². The third-order valence-corrected chi connectivity index (χ3v) is 5.44. The molecule has 0 N–H and O–H groups in total. The van der Waals surface area contributed by atoms with E-state index >= 15 is 0 Å². The van der Waals surface area contributed by atoms with Gasteiger partial charge in [-0.15, -0.1) is 0 Å². The molecule has 154 valence electrons. The number of carbonyl (C=O) groups is 4. The highest BCUT2D eigenvalue weighted by atomic mass is 16.2. The minimum Gasteiger partial charge on any atom is -0.279 e. The molecule has 0 spiro atoms. The number of hydrogen-bond acceptors (Lipinski definition) is 4. The monoisotopic (exact) mass is 388 g/mol. The van der Waals surface area contributed by atoms with Crippen molar-refractivity contribution in [2.45, 2.75) is 77.0 Å². The van der Waals surface area contributed by atoms with Crippen LogP contribution in [0.2, 0.25) is 0 Å². The largest absolute Gasteiger partial charge is 0.279 e. The van der Waals surface area contributed by atoms with E-state index in [2.05, 4.69) is 13.2 Å². The zero-order valence-electron chi connectivity index (χ0n) is 16.8. The fourth-order valence-electron chi connectivity index (χ4n) is 3.72. The molecule has 2 saturated heterocycles. The molecule has 0 aromatic rings. The second-order valence-electron chi connectivity index (χ2n) is 7.80. The predicted octanol–water partition coefficient (Wildman–Crippen LogP) is 3.52. The second-order valence-corrected chi connectivity index (χ2v) is 7.80. The molecule has 2 aliphatic rings. The van der Waals surface area contributed by atoms with Crippen LogP contribution in [0.5, 0.6) is 0 Å². The SMILES string of the molecule is C=C1CC(=O)N(CCCCCCCCCCCCN2C(=O)CC(=C)C2=O)C1=O. The van der Waals surface area contributed by atoms with Crippen molar-refractivity contribution in [1.82, 2.24) is 9.80 Å². The van der Waals surface area contributed by atoms with Gasteiger partial charge in [-0.2, -0.15) is 0 Å². The molecule has 2 heterocycles. The number of carbonyl (C=O) groups excluding carboxylic acids is 4. The molecule has 0 saturated carbocycles. The zero-order valence-corrected chi connectivity index (χ0v) is 16.8. The van der Waals surface area contributed by atoms with Crippen molar-refractivity contribution in [1.29, 1.82) is 0 Å². The van der Waals surface area contributed by atoms with Crippen molar-refractivity contribution < 1.29 is 19.2 Å². The maximum Gasteiger partial charge on any atom is 0.256 e. The van der Waals surface area contributed by atoms with Crippen molar-refractivity contribution in [2.24, 2.45) is 0 Å². The summed E-state index contributed by atoms with van der Waals surface area (Å²) >= 11 is 0. The van der Waals surface area contributed by atoms with Crippen LogP contribution >= 0.6 is 0 Å². The van der Waals surface area contributed by atoms with Crippen LogP contribution in [0, 0.1) is 0 Å². The van der Waals surface area contributed by atoms with Crippen LogP contribution in [-0.2, 0) is 19.2 Å². The smallest absolute Gasteiger partial charge is 0.256 e. The zero-order chi connectivity index (χ0) is 20.5. The Labute approximate surface area is 167 Å². The van der Waals surface area contributed by atoms with Crippen LogP contribution in [0.3, 0.4) is 0 Å². The summed E-state index contributed by atoms with van der Waals surface area (Å²) < 4.78 is 0. The summed E-state index contributed by atoms with van der Waals surface area (Å²) in [6, 6.07) is 0. The average molecular weight is 389 g/mol. The van der Waals surface area contributed by atoms with Crippen molar-refractivity contribution in [2.75, 3.05) is 13.1 Å². The normalized spacial score (nSPS) is 17.6. The molecule has 0 aromatic heterocycles. The van der Waals surface area contributed by atoms with Crippen molar-refractivity contribution in [3.05, 3.63) is 24.3 Å². The number of rotatable bonds is 13. The Balaban J connectivity index is 1.38. The van der Waals surface area contributed by atoms with Gasteiger partial charge in [-0.05, 0) is 12.8 Å². The maximum atomic E-state index is 11.7. The highest BCUT2D eigenvalue weighted by molar-refractivity contribution is 6.13. The van der Waals surface area contributed by atoms with E-state index in [1.807, 2.05) is 0 Å². The number of nitrogens with zero attached hydrogens (tertiary/aromatic N) is 2. The average Bonchev–Trinajstić information content (AvgIpc) is 3.04. The van der Waals surface area contributed by atoms with Crippen molar-refractivity contribution >= 4 is 23.6 Å². The van der Waals surface area contributed by atoms with Gasteiger partial charge in [0.1, 0.15) is 0 Å². The predicted molar refractivity (Wildman–Crippen MR) is 107 cm³/mol. The highest BCUT2D eigenvalue weighted by Gasteiger charge is 2.32. The Morgan fingerprint density at radius 3 is 1.07 bits per heavy atom. The summed E-state index contributed by atoms with van der Waals surface area (Å²) in [5, 5.41) is 0. The lowest BCUT2D eigenvalue weighted by atomic mass is 10.1. The molecule has 4 amide bonds. The van der Waals surface area contributed by atoms with E-state index in [1.54, 1.807) is 0 Å². The molecule has 2 aliphatic heterocycles. The van der Waals surface area contributed by atoms with Gasteiger partial charge >= 0.3 is 0 Å². The summed E-state index contributed by atoms with van der Waals surface area (Å²) in [7, 11) is 0.